The normalized spacial score (nSPS) is 10.4. The lowest BCUT2D eigenvalue weighted by molar-refractivity contribution is -0.383. The van der Waals surface area contributed by atoms with Crippen LogP contribution in [0.25, 0.3) is 22.5 Å². The van der Waals surface area contributed by atoms with E-state index in [1.54, 1.807) is 18.2 Å². The molecule has 0 radical (unpaired) electrons. The molecule has 1 N–H and O–H groups in total. The zero-order chi connectivity index (χ0) is 19.3. The Bertz CT molecular complexity index is 1060. The molecule has 5 heteroatoms. The molecular formula is C23H17N3O2. The number of para-hydroxylation sites is 2. The molecule has 3 aromatic carbocycles. The van der Waals surface area contributed by atoms with Gasteiger partial charge in [0.25, 0.3) is 5.69 Å². The van der Waals surface area contributed by atoms with Gasteiger partial charge >= 0.3 is 0 Å². The van der Waals surface area contributed by atoms with Crippen LogP contribution < -0.4 is 5.32 Å². The van der Waals surface area contributed by atoms with Crippen LogP contribution in [0.4, 0.5) is 17.1 Å². The first-order valence-electron chi connectivity index (χ1n) is 8.84. The minimum Gasteiger partial charge on any atom is -0.350 e. The van der Waals surface area contributed by atoms with E-state index in [1.165, 1.54) is 6.07 Å². The molecule has 0 aliphatic rings. The van der Waals surface area contributed by atoms with Gasteiger partial charge in [-0.1, -0.05) is 72.8 Å². The third kappa shape index (κ3) is 3.73. The Morgan fingerprint density at radius 3 is 1.75 bits per heavy atom. The maximum absolute atomic E-state index is 11.3. The minimum absolute atomic E-state index is 0.0295. The van der Waals surface area contributed by atoms with Gasteiger partial charge in [0.1, 0.15) is 5.69 Å². The summed E-state index contributed by atoms with van der Waals surface area (Å²) < 4.78 is 0. The Hall–Kier alpha value is -3.99. The van der Waals surface area contributed by atoms with Gasteiger partial charge in [0, 0.05) is 22.9 Å². The van der Waals surface area contributed by atoms with Gasteiger partial charge in [0.15, 0.2) is 0 Å². The van der Waals surface area contributed by atoms with Crippen LogP contribution in [0.15, 0.2) is 97.1 Å². The van der Waals surface area contributed by atoms with Crippen molar-refractivity contribution in [2.75, 3.05) is 5.32 Å². The first-order chi connectivity index (χ1) is 13.7. The first-order valence-corrected chi connectivity index (χ1v) is 8.84. The van der Waals surface area contributed by atoms with Gasteiger partial charge < -0.3 is 5.32 Å². The fraction of sp³-hybridized carbons (Fsp3) is 0. The number of anilines is 2. The summed E-state index contributed by atoms with van der Waals surface area (Å²) in [5.41, 5.74) is 4.75. The van der Waals surface area contributed by atoms with Crippen LogP contribution >= 0.6 is 0 Å². The summed E-state index contributed by atoms with van der Waals surface area (Å²) in [5.74, 6) is 0. The van der Waals surface area contributed by atoms with Gasteiger partial charge in [-0.15, -0.1) is 0 Å². The number of nitrogens with zero attached hydrogens (tertiary/aromatic N) is 2. The molecule has 1 heterocycles. The molecule has 0 atom stereocenters. The lowest BCUT2D eigenvalue weighted by Crippen LogP contribution is -1.98. The molecule has 0 fully saturated rings. The third-order valence-corrected chi connectivity index (χ3v) is 4.34. The lowest BCUT2D eigenvalue weighted by Gasteiger charge is -2.12. The molecule has 5 nitrogen and oxygen atoms in total. The Balaban J connectivity index is 1.82. The van der Waals surface area contributed by atoms with Crippen LogP contribution in [0.5, 0.6) is 0 Å². The van der Waals surface area contributed by atoms with Crippen LogP contribution in [-0.4, -0.2) is 9.91 Å². The molecule has 4 aromatic rings. The van der Waals surface area contributed by atoms with Crippen molar-refractivity contribution < 1.29 is 4.92 Å². The molecule has 0 saturated heterocycles. The molecule has 0 spiro atoms. The predicted octanol–water partition coefficient (Wildman–Crippen LogP) is 6.07. The summed E-state index contributed by atoms with van der Waals surface area (Å²) in [6, 6.07) is 30.1. The second-order valence-corrected chi connectivity index (χ2v) is 6.26. The number of aromatic nitrogens is 1. The largest absolute Gasteiger partial charge is 0.350 e. The number of nitro groups is 1. The molecule has 4 rings (SSSR count). The van der Waals surface area contributed by atoms with Crippen LogP contribution in [0.3, 0.4) is 0 Å². The van der Waals surface area contributed by atoms with Crippen molar-refractivity contribution >= 4 is 17.1 Å². The van der Waals surface area contributed by atoms with E-state index in [4.69, 9.17) is 4.98 Å². The summed E-state index contributed by atoms with van der Waals surface area (Å²) in [6.45, 7) is 0. The van der Waals surface area contributed by atoms with E-state index in [9.17, 15) is 10.1 Å². The number of hydrogen-bond donors (Lipinski definition) is 1. The van der Waals surface area contributed by atoms with Crippen molar-refractivity contribution in [3.63, 3.8) is 0 Å². The van der Waals surface area contributed by atoms with Gasteiger partial charge in [-0.2, -0.15) is 0 Å². The second-order valence-electron chi connectivity index (χ2n) is 6.26. The summed E-state index contributed by atoms with van der Waals surface area (Å²) in [5, 5.41) is 14.5. The minimum atomic E-state index is -0.389. The number of hydrogen-bond acceptors (Lipinski definition) is 4. The highest BCUT2D eigenvalue weighted by atomic mass is 16.6. The highest BCUT2D eigenvalue weighted by Crippen LogP contribution is 2.31. The monoisotopic (exact) mass is 367 g/mol. The summed E-state index contributed by atoms with van der Waals surface area (Å²) in [7, 11) is 0. The van der Waals surface area contributed by atoms with Gasteiger partial charge in [0.2, 0.25) is 0 Å². The van der Waals surface area contributed by atoms with Crippen molar-refractivity contribution in [1.29, 1.82) is 0 Å². The van der Waals surface area contributed by atoms with E-state index in [2.05, 4.69) is 5.32 Å². The van der Waals surface area contributed by atoms with Crippen molar-refractivity contribution in [3.05, 3.63) is 107 Å². The van der Waals surface area contributed by atoms with E-state index < -0.39 is 0 Å². The smallest absolute Gasteiger partial charge is 0.292 e. The maximum Gasteiger partial charge on any atom is 0.292 e. The predicted molar refractivity (Wildman–Crippen MR) is 111 cm³/mol. The van der Waals surface area contributed by atoms with Gasteiger partial charge in [-0.25, -0.2) is 4.98 Å². The Morgan fingerprint density at radius 1 is 0.714 bits per heavy atom. The standard InChI is InChI=1S/C23H17N3O2/c27-26(28)23-14-8-7-13-20(23)24-19-15-21(17-9-3-1-4-10-17)25-22(16-19)18-11-5-2-6-12-18/h1-16H,(H,24,25). The van der Waals surface area contributed by atoms with E-state index in [0.29, 0.717) is 5.69 Å². The lowest BCUT2D eigenvalue weighted by atomic mass is 10.1. The molecule has 136 valence electrons. The molecule has 0 unspecified atom stereocenters. The molecule has 0 bridgehead atoms. The van der Waals surface area contributed by atoms with E-state index in [0.717, 1.165) is 28.2 Å². The highest BCUT2D eigenvalue weighted by Gasteiger charge is 2.14. The molecule has 28 heavy (non-hydrogen) atoms. The van der Waals surface area contributed by atoms with Gasteiger partial charge in [-0.3, -0.25) is 10.1 Å². The Morgan fingerprint density at radius 2 is 1.21 bits per heavy atom. The molecule has 0 saturated carbocycles. The Labute approximate surface area is 162 Å². The number of nitrogens with one attached hydrogen (secondary N) is 1. The van der Waals surface area contributed by atoms with E-state index >= 15 is 0 Å². The van der Waals surface area contributed by atoms with Crippen LogP contribution in [0, 0.1) is 10.1 Å². The number of rotatable bonds is 5. The average molecular weight is 367 g/mol. The van der Waals surface area contributed by atoms with Crippen molar-refractivity contribution in [3.8, 4) is 22.5 Å². The number of nitro benzene ring substituents is 1. The SMILES string of the molecule is O=[N+]([O-])c1ccccc1Nc1cc(-c2ccccc2)nc(-c2ccccc2)c1. The van der Waals surface area contributed by atoms with E-state index in [1.807, 2.05) is 72.8 Å². The number of benzene rings is 3. The van der Waals surface area contributed by atoms with Crippen LogP contribution in [0.1, 0.15) is 0 Å². The Kier molecular flexibility index (Phi) is 4.80. The van der Waals surface area contributed by atoms with Crippen LogP contribution in [-0.2, 0) is 0 Å². The van der Waals surface area contributed by atoms with Crippen molar-refractivity contribution in [1.82, 2.24) is 4.98 Å². The van der Waals surface area contributed by atoms with Gasteiger partial charge in [0.05, 0.1) is 16.3 Å². The maximum atomic E-state index is 11.3. The quantitative estimate of drug-likeness (QED) is 0.343. The summed E-state index contributed by atoms with van der Waals surface area (Å²) >= 11 is 0. The van der Waals surface area contributed by atoms with E-state index in [-0.39, 0.29) is 10.6 Å². The van der Waals surface area contributed by atoms with Crippen molar-refractivity contribution in [2.45, 2.75) is 0 Å². The fourth-order valence-corrected chi connectivity index (χ4v) is 3.01. The molecular weight excluding hydrogens is 350 g/mol. The zero-order valence-electron chi connectivity index (χ0n) is 14.9. The molecule has 1 aromatic heterocycles. The topological polar surface area (TPSA) is 68.1 Å². The van der Waals surface area contributed by atoms with Crippen molar-refractivity contribution in [2.24, 2.45) is 0 Å². The second kappa shape index (κ2) is 7.72. The fourth-order valence-electron chi connectivity index (χ4n) is 3.01. The zero-order valence-corrected chi connectivity index (χ0v) is 14.9. The summed E-state index contributed by atoms with van der Waals surface area (Å²) in [4.78, 5) is 15.8. The average Bonchev–Trinajstić information content (AvgIpc) is 2.75. The van der Waals surface area contributed by atoms with Gasteiger partial charge in [-0.05, 0) is 18.2 Å². The highest BCUT2D eigenvalue weighted by molar-refractivity contribution is 5.77. The third-order valence-electron chi connectivity index (χ3n) is 4.34. The number of pyridine rings is 1. The molecule has 0 amide bonds. The first kappa shape index (κ1) is 17.4. The van der Waals surface area contributed by atoms with Crippen LogP contribution in [0.2, 0.25) is 0 Å². The molecule has 0 aliphatic heterocycles. The molecule has 0 aliphatic carbocycles. The summed E-state index contributed by atoms with van der Waals surface area (Å²) in [6.07, 6.45) is 0.